The van der Waals surface area contributed by atoms with E-state index in [0.717, 1.165) is 71.7 Å². The van der Waals surface area contributed by atoms with Gasteiger partial charge in [0.25, 0.3) is 0 Å². The molecule has 0 amide bonds. The average Bonchev–Trinajstić information content (AvgIpc) is 3.83. The van der Waals surface area contributed by atoms with Crippen LogP contribution < -0.4 is 0 Å². The Bertz CT molecular complexity index is 3500. The Balaban J connectivity index is 1.24. The molecule has 3 aromatic heterocycles. The molecule has 68 heavy (non-hydrogen) atoms. The van der Waals surface area contributed by atoms with E-state index in [1.54, 1.807) is 0 Å². The fraction of sp³-hybridized carbons (Fsp3) is 0.258. The SMILES string of the molecule is CC(C)(C)c1cc(-c2nc(-c3cc(C(C)(C)C)cc(C(C)(C)C)c3)nc(-c3ccc(-n4c5ccccc5c5ccc6c(c7ccccc7n6-c6ccccc6)c54)c(C#N)c3)n2)cc(C(C)(C)C)c1. The van der Waals surface area contributed by atoms with E-state index < -0.39 is 0 Å². The lowest BCUT2D eigenvalue weighted by Crippen LogP contribution is -2.17. The predicted octanol–water partition coefficient (Wildman–Crippen LogP) is 16.1. The van der Waals surface area contributed by atoms with Crippen LogP contribution in [-0.4, -0.2) is 24.1 Å². The number of hydrogen-bond acceptors (Lipinski definition) is 4. The Kier molecular flexibility index (Phi) is 10.4. The second-order valence-electron chi connectivity index (χ2n) is 22.6. The minimum atomic E-state index is -0.107. The van der Waals surface area contributed by atoms with Gasteiger partial charge in [-0.15, -0.1) is 0 Å². The monoisotopic (exact) mass is 888 g/mol. The summed E-state index contributed by atoms with van der Waals surface area (Å²) in [5.74, 6) is 1.71. The third kappa shape index (κ3) is 7.74. The molecule has 0 aliphatic carbocycles. The summed E-state index contributed by atoms with van der Waals surface area (Å²) in [6, 6.07) is 54.5. The van der Waals surface area contributed by atoms with E-state index in [-0.39, 0.29) is 21.7 Å². The molecule has 0 spiro atoms. The Morgan fingerprint density at radius 2 is 0.853 bits per heavy atom. The number of rotatable bonds is 5. The van der Waals surface area contributed by atoms with Crippen molar-refractivity contribution in [2.24, 2.45) is 0 Å². The number of aromatic nitrogens is 5. The molecule has 0 aliphatic heterocycles. The molecule has 0 bridgehead atoms. The molecule has 7 aromatic carbocycles. The smallest absolute Gasteiger partial charge is 0.164 e. The first kappa shape index (κ1) is 44.5. The van der Waals surface area contributed by atoms with Crippen LogP contribution in [0.3, 0.4) is 0 Å². The van der Waals surface area contributed by atoms with Crippen LogP contribution in [0.1, 0.15) is 111 Å². The van der Waals surface area contributed by atoms with E-state index >= 15 is 0 Å². The zero-order chi connectivity index (χ0) is 48.1. The molecule has 10 aromatic rings. The maximum Gasteiger partial charge on any atom is 0.164 e. The molecule has 0 atom stereocenters. The summed E-state index contributed by atoms with van der Waals surface area (Å²) < 4.78 is 4.64. The molecule has 10 rings (SSSR count). The minimum absolute atomic E-state index is 0.107. The van der Waals surface area contributed by atoms with Gasteiger partial charge in [-0.25, -0.2) is 15.0 Å². The van der Waals surface area contributed by atoms with Gasteiger partial charge in [-0.3, -0.25) is 0 Å². The lowest BCUT2D eigenvalue weighted by Gasteiger charge is -2.26. The third-order valence-electron chi connectivity index (χ3n) is 13.6. The molecule has 0 unspecified atom stereocenters. The number of para-hydroxylation sites is 3. The molecule has 0 radical (unpaired) electrons. The van der Waals surface area contributed by atoms with E-state index in [2.05, 4.69) is 238 Å². The highest BCUT2D eigenvalue weighted by atomic mass is 15.0. The number of nitrogens with zero attached hydrogens (tertiary/aromatic N) is 6. The van der Waals surface area contributed by atoms with Gasteiger partial charge in [0.1, 0.15) is 6.07 Å². The normalized spacial score (nSPS) is 12.7. The highest BCUT2D eigenvalue weighted by Gasteiger charge is 2.27. The van der Waals surface area contributed by atoms with Crippen LogP contribution >= 0.6 is 0 Å². The van der Waals surface area contributed by atoms with Crippen LogP contribution in [0.2, 0.25) is 0 Å². The Hall–Kier alpha value is -7.36. The van der Waals surface area contributed by atoms with Crippen molar-refractivity contribution in [3.8, 4) is 51.6 Å². The summed E-state index contributed by atoms with van der Waals surface area (Å²) in [6.07, 6.45) is 0. The van der Waals surface area contributed by atoms with E-state index in [9.17, 15) is 5.26 Å². The van der Waals surface area contributed by atoms with Crippen molar-refractivity contribution >= 4 is 43.6 Å². The van der Waals surface area contributed by atoms with Gasteiger partial charge in [-0.2, -0.15) is 5.26 Å². The molecule has 0 aliphatic rings. The Morgan fingerprint density at radius 3 is 1.35 bits per heavy atom. The summed E-state index contributed by atoms with van der Waals surface area (Å²) >= 11 is 0. The lowest BCUT2D eigenvalue weighted by atomic mass is 9.79. The first-order valence-electron chi connectivity index (χ1n) is 23.8. The molecular formula is C62H60N6. The van der Waals surface area contributed by atoms with Crippen LogP contribution in [0.25, 0.3) is 89.2 Å². The quantitative estimate of drug-likeness (QED) is 0.173. The van der Waals surface area contributed by atoms with Crippen molar-refractivity contribution < 1.29 is 0 Å². The van der Waals surface area contributed by atoms with Crippen LogP contribution in [-0.2, 0) is 21.7 Å². The third-order valence-corrected chi connectivity index (χ3v) is 13.6. The molecule has 6 heteroatoms. The maximum atomic E-state index is 11.2. The molecule has 0 saturated carbocycles. The van der Waals surface area contributed by atoms with Crippen LogP contribution in [0.15, 0.2) is 146 Å². The maximum absolute atomic E-state index is 11.2. The van der Waals surface area contributed by atoms with Gasteiger partial charge < -0.3 is 9.13 Å². The summed E-state index contributed by atoms with van der Waals surface area (Å²) in [5, 5.41) is 15.8. The van der Waals surface area contributed by atoms with E-state index in [1.165, 1.54) is 22.3 Å². The molecule has 6 nitrogen and oxygen atoms in total. The highest BCUT2D eigenvalue weighted by molar-refractivity contribution is 6.26. The van der Waals surface area contributed by atoms with Crippen molar-refractivity contribution in [1.82, 2.24) is 24.1 Å². The standard InChI is InChI=1S/C62H60N6/c1-59(2,3)42-31-39(32-43(35-42)60(4,5)6)57-64-56(65-58(66-57)40-33-44(61(7,8)9)36-45(34-40)62(10,11)12)38-26-28-50(41(30-38)37-63)68-51-24-18-16-22-47(51)48-27-29-53-54(55(48)68)49-23-17-19-25-52(49)67(53)46-20-14-13-15-21-46/h13-36H,1-12H3. The summed E-state index contributed by atoms with van der Waals surface area (Å²) in [4.78, 5) is 16.0. The van der Waals surface area contributed by atoms with Gasteiger partial charge in [0.2, 0.25) is 0 Å². The van der Waals surface area contributed by atoms with Crippen molar-refractivity contribution in [2.45, 2.75) is 105 Å². The van der Waals surface area contributed by atoms with Gasteiger partial charge >= 0.3 is 0 Å². The number of benzene rings is 7. The minimum Gasteiger partial charge on any atom is -0.309 e. The van der Waals surface area contributed by atoms with E-state index in [1.807, 2.05) is 6.07 Å². The van der Waals surface area contributed by atoms with E-state index in [4.69, 9.17) is 15.0 Å². The van der Waals surface area contributed by atoms with Crippen molar-refractivity contribution in [3.63, 3.8) is 0 Å². The van der Waals surface area contributed by atoms with Crippen molar-refractivity contribution in [1.29, 1.82) is 5.26 Å². The first-order chi connectivity index (χ1) is 32.2. The zero-order valence-corrected chi connectivity index (χ0v) is 41.5. The fourth-order valence-corrected chi connectivity index (χ4v) is 9.58. The van der Waals surface area contributed by atoms with Gasteiger partial charge in [0, 0.05) is 43.9 Å². The number of fused-ring (bicyclic) bond motifs is 7. The molecule has 0 N–H and O–H groups in total. The fourth-order valence-electron chi connectivity index (χ4n) is 9.58. The number of nitriles is 1. The molecule has 3 heterocycles. The largest absolute Gasteiger partial charge is 0.309 e. The van der Waals surface area contributed by atoms with Crippen LogP contribution in [0, 0.1) is 11.3 Å². The highest BCUT2D eigenvalue weighted by Crippen LogP contribution is 2.43. The second-order valence-corrected chi connectivity index (χ2v) is 22.6. The van der Waals surface area contributed by atoms with Gasteiger partial charge in [-0.05, 0) is 117 Å². The Morgan fingerprint density at radius 1 is 0.397 bits per heavy atom. The molecule has 0 saturated heterocycles. The van der Waals surface area contributed by atoms with Crippen molar-refractivity contribution in [2.75, 3.05) is 0 Å². The Labute approximate surface area is 401 Å². The first-order valence-corrected chi connectivity index (χ1v) is 23.8. The van der Waals surface area contributed by atoms with Crippen molar-refractivity contribution in [3.05, 3.63) is 173 Å². The van der Waals surface area contributed by atoms with Gasteiger partial charge in [0.15, 0.2) is 17.5 Å². The molecular weight excluding hydrogens is 829 g/mol. The lowest BCUT2D eigenvalue weighted by molar-refractivity contribution is 0.568. The summed E-state index contributed by atoms with van der Waals surface area (Å²) in [7, 11) is 0. The topological polar surface area (TPSA) is 72.3 Å². The zero-order valence-electron chi connectivity index (χ0n) is 41.5. The van der Waals surface area contributed by atoms with Crippen LogP contribution in [0.5, 0.6) is 0 Å². The second kappa shape index (κ2) is 15.9. The van der Waals surface area contributed by atoms with E-state index in [0.29, 0.717) is 23.0 Å². The summed E-state index contributed by atoms with van der Waals surface area (Å²) in [6.45, 7) is 27.0. The predicted molar refractivity (Wildman–Crippen MR) is 284 cm³/mol. The van der Waals surface area contributed by atoms with Crippen LogP contribution in [0.4, 0.5) is 0 Å². The van der Waals surface area contributed by atoms with Gasteiger partial charge in [0.05, 0.1) is 33.3 Å². The molecule has 0 fully saturated rings. The van der Waals surface area contributed by atoms with Gasteiger partial charge in [-0.1, -0.05) is 156 Å². The summed E-state index contributed by atoms with van der Waals surface area (Å²) in [5.41, 5.74) is 13.8. The number of hydrogen-bond donors (Lipinski definition) is 0. The average molecular weight is 889 g/mol. The molecule has 338 valence electrons.